The highest BCUT2D eigenvalue weighted by molar-refractivity contribution is 9.11. The summed E-state index contributed by atoms with van der Waals surface area (Å²) in [6, 6.07) is 8.69. The molecule has 2 aromatic rings. The van der Waals surface area contributed by atoms with E-state index in [0.717, 1.165) is 10.2 Å². The molecule has 5 nitrogen and oxygen atoms in total. The first kappa shape index (κ1) is 19.7. The molecule has 0 N–H and O–H groups in total. The smallest absolute Gasteiger partial charge is 0.244 e. The lowest BCUT2D eigenvalue weighted by Crippen LogP contribution is -2.36. The topological polar surface area (TPSA) is 53.8 Å². The third kappa shape index (κ3) is 4.92. The molecule has 0 saturated carbocycles. The van der Waals surface area contributed by atoms with Gasteiger partial charge >= 0.3 is 0 Å². The van der Waals surface area contributed by atoms with Crippen molar-refractivity contribution in [2.75, 3.05) is 27.2 Å². The first-order chi connectivity index (χ1) is 11.2. The molecule has 0 fully saturated rings. The zero-order valence-corrected chi connectivity index (χ0v) is 17.8. The number of sulfonamides is 1. The molecule has 0 bridgehead atoms. The lowest BCUT2D eigenvalue weighted by atomic mass is 10.4. The molecule has 0 aliphatic rings. The SMILES string of the molecule is Cc1ccc(CN(CCN(C)C)S(=O)(=O)c2ccc(Br)cc2Br)o1. The minimum atomic E-state index is -3.65. The van der Waals surface area contributed by atoms with Crippen molar-refractivity contribution < 1.29 is 12.8 Å². The largest absolute Gasteiger partial charge is 0.465 e. The van der Waals surface area contributed by atoms with Gasteiger partial charge in [-0.2, -0.15) is 4.31 Å². The summed E-state index contributed by atoms with van der Waals surface area (Å²) in [6.45, 7) is 3.03. The summed E-state index contributed by atoms with van der Waals surface area (Å²) < 4.78 is 34.6. The number of aryl methyl sites for hydroxylation is 1. The van der Waals surface area contributed by atoms with Gasteiger partial charge in [-0.1, -0.05) is 15.9 Å². The summed E-state index contributed by atoms with van der Waals surface area (Å²) in [5.41, 5.74) is 0. The second-order valence-electron chi connectivity index (χ2n) is 5.73. The standard InChI is InChI=1S/C16H20Br2N2O3S/c1-12-4-6-14(23-12)11-20(9-8-19(2)3)24(21,22)16-7-5-13(17)10-15(16)18/h4-7,10H,8-9,11H2,1-3H3. The summed E-state index contributed by atoms with van der Waals surface area (Å²) in [4.78, 5) is 2.19. The Kier molecular flexibility index (Phi) is 6.66. The fraction of sp³-hybridized carbons (Fsp3) is 0.375. The Morgan fingerprint density at radius 1 is 1.08 bits per heavy atom. The van der Waals surface area contributed by atoms with Crippen LogP contribution in [0.5, 0.6) is 0 Å². The van der Waals surface area contributed by atoms with Gasteiger partial charge in [0.2, 0.25) is 10.0 Å². The zero-order chi connectivity index (χ0) is 17.9. The summed E-state index contributed by atoms with van der Waals surface area (Å²) in [6.07, 6.45) is 0. The number of nitrogens with zero attached hydrogens (tertiary/aromatic N) is 2. The highest BCUT2D eigenvalue weighted by Gasteiger charge is 2.27. The van der Waals surface area contributed by atoms with Crippen molar-refractivity contribution >= 4 is 41.9 Å². The van der Waals surface area contributed by atoms with Crippen LogP contribution in [0.3, 0.4) is 0 Å². The van der Waals surface area contributed by atoms with Crippen molar-refractivity contribution in [3.05, 3.63) is 50.8 Å². The van der Waals surface area contributed by atoms with Gasteiger partial charge in [-0.05, 0) is 67.3 Å². The highest BCUT2D eigenvalue weighted by atomic mass is 79.9. The van der Waals surface area contributed by atoms with Crippen molar-refractivity contribution in [1.82, 2.24) is 9.21 Å². The Morgan fingerprint density at radius 3 is 2.33 bits per heavy atom. The van der Waals surface area contributed by atoms with E-state index >= 15 is 0 Å². The normalized spacial score (nSPS) is 12.3. The zero-order valence-electron chi connectivity index (χ0n) is 13.8. The second kappa shape index (κ2) is 8.14. The van der Waals surface area contributed by atoms with Gasteiger partial charge in [-0.3, -0.25) is 0 Å². The van der Waals surface area contributed by atoms with Crippen molar-refractivity contribution in [1.29, 1.82) is 0 Å². The predicted molar refractivity (Wildman–Crippen MR) is 101 cm³/mol. The highest BCUT2D eigenvalue weighted by Crippen LogP contribution is 2.29. The summed E-state index contributed by atoms with van der Waals surface area (Å²) in [5.74, 6) is 1.39. The average Bonchev–Trinajstić information content (AvgIpc) is 2.88. The third-order valence-electron chi connectivity index (χ3n) is 3.44. The fourth-order valence-corrected chi connectivity index (χ4v) is 5.27. The molecule has 24 heavy (non-hydrogen) atoms. The first-order valence-electron chi connectivity index (χ1n) is 7.35. The van der Waals surface area contributed by atoms with E-state index in [4.69, 9.17) is 4.42 Å². The Bertz CT molecular complexity index is 803. The maximum Gasteiger partial charge on any atom is 0.244 e. The van der Waals surface area contributed by atoms with Crippen LogP contribution in [-0.2, 0) is 16.6 Å². The minimum Gasteiger partial charge on any atom is -0.465 e. The minimum absolute atomic E-state index is 0.201. The van der Waals surface area contributed by atoms with E-state index in [2.05, 4.69) is 31.9 Å². The molecular formula is C16H20Br2N2O3S. The molecule has 0 amide bonds. The van der Waals surface area contributed by atoms with Crippen molar-refractivity contribution in [2.24, 2.45) is 0 Å². The van der Waals surface area contributed by atoms with Gasteiger partial charge in [0.05, 0.1) is 11.4 Å². The van der Waals surface area contributed by atoms with Gasteiger partial charge in [0.25, 0.3) is 0 Å². The molecule has 0 unspecified atom stereocenters. The van der Waals surface area contributed by atoms with Crippen molar-refractivity contribution in [3.8, 4) is 0 Å². The van der Waals surface area contributed by atoms with Crippen LogP contribution in [0, 0.1) is 6.92 Å². The van der Waals surface area contributed by atoms with Crippen LogP contribution in [0.4, 0.5) is 0 Å². The number of rotatable bonds is 7. The number of likely N-dealkylation sites (N-methyl/N-ethyl adjacent to an activating group) is 1. The Balaban J connectivity index is 2.36. The fourth-order valence-electron chi connectivity index (χ4n) is 2.16. The van der Waals surface area contributed by atoms with E-state index in [1.165, 1.54) is 4.31 Å². The van der Waals surface area contributed by atoms with Gasteiger partial charge in [0.15, 0.2) is 0 Å². The van der Waals surface area contributed by atoms with Crippen LogP contribution in [0.25, 0.3) is 0 Å². The molecule has 1 heterocycles. The number of furan rings is 1. The molecule has 0 aliphatic carbocycles. The molecule has 0 aliphatic heterocycles. The van der Waals surface area contributed by atoms with Crippen LogP contribution < -0.4 is 0 Å². The van der Waals surface area contributed by atoms with Crippen LogP contribution in [0.15, 0.2) is 48.6 Å². The average molecular weight is 480 g/mol. The lowest BCUT2D eigenvalue weighted by Gasteiger charge is -2.23. The van der Waals surface area contributed by atoms with Crippen molar-refractivity contribution in [2.45, 2.75) is 18.4 Å². The number of halogens is 2. The summed E-state index contributed by atoms with van der Waals surface area (Å²) in [7, 11) is 0.174. The predicted octanol–water partition coefficient (Wildman–Crippen LogP) is 3.87. The first-order valence-corrected chi connectivity index (χ1v) is 10.4. The monoisotopic (exact) mass is 478 g/mol. The molecule has 2 rings (SSSR count). The Labute approximate surface area is 159 Å². The third-order valence-corrected chi connectivity index (χ3v) is 6.75. The quantitative estimate of drug-likeness (QED) is 0.604. The maximum absolute atomic E-state index is 13.1. The molecule has 0 radical (unpaired) electrons. The van der Waals surface area contributed by atoms with Crippen molar-refractivity contribution in [3.63, 3.8) is 0 Å². The van der Waals surface area contributed by atoms with Crippen LogP contribution in [0.1, 0.15) is 11.5 Å². The van der Waals surface area contributed by atoms with Gasteiger partial charge in [-0.15, -0.1) is 0 Å². The van der Waals surface area contributed by atoms with E-state index in [1.54, 1.807) is 18.2 Å². The van der Waals surface area contributed by atoms with Gasteiger partial charge in [0.1, 0.15) is 11.5 Å². The summed E-state index contributed by atoms with van der Waals surface area (Å²) >= 11 is 6.70. The molecule has 1 aromatic heterocycles. The van der Waals surface area contributed by atoms with Gasteiger partial charge in [-0.25, -0.2) is 8.42 Å². The van der Waals surface area contributed by atoms with Gasteiger partial charge in [0, 0.05) is 22.0 Å². The van der Waals surface area contributed by atoms with Crippen LogP contribution in [-0.4, -0.2) is 44.8 Å². The van der Waals surface area contributed by atoms with E-state index in [1.807, 2.05) is 38.1 Å². The molecule has 0 spiro atoms. The molecular weight excluding hydrogens is 460 g/mol. The van der Waals surface area contributed by atoms with E-state index in [0.29, 0.717) is 23.3 Å². The summed E-state index contributed by atoms with van der Waals surface area (Å²) in [5, 5.41) is 0. The molecule has 0 atom stereocenters. The second-order valence-corrected chi connectivity index (χ2v) is 9.41. The van der Waals surface area contributed by atoms with Gasteiger partial charge < -0.3 is 9.32 Å². The molecule has 1 aromatic carbocycles. The molecule has 0 saturated heterocycles. The molecule has 8 heteroatoms. The van der Waals surface area contributed by atoms with Crippen LogP contribution in [0.2, 0.25) is 0 Å². The Morgan fingerprint density at radius 2 is 1.79 bits per heavy atom. The van der Waals surface area contributed by atoms with Crippen LogP contribution >= 0.6 is 31.9 Å². The lowest BCUT2D eigenvalue weighted by molar-refractivity contribution is 0.310. The number of benzene rings is 1. The maximum atomic E-state index is 13.1. The molecule has 132 valence electrons. The van der Waals surface area contributed by atoms with E-state index in [-0.39, 0.29) is 11.4 Å². The number of hydrogen-bond acceptors (Lipinski definition) is 4. The number of hydrogen-bond donors (Lipinski definition) is 0. The Hall–Kier alpha value is -0.670. The van der Waals surface area contributed by atoms with E-state index in [9.17, 15) is 8.42 Å². The van der Waals surface area contributed by atoms with E-state index < -0.39 is 10.0 Å².